The number of fused-ring (bicyclic) bond motifs is 1. The first-order valence-electron chi connectivity index (χ1n) is 9.07. The van der Waals surface area contributed by atoms with Gasteiger partial charge >= 0.3 is 0 Å². The number of hydrogen-bond acceptors (Lipinski definition) is 7. The van der Waals surface area contributed by atoms with Crippen LogP contribution in [0.2, 0.25) is 0 Å². The highest BCUT2D eigenvalue weighted by molar-refractivity contribution is 5.57. The molecule has 0 spiro atoms. The molecular formula is C20H24N4O4. The molecule has 0 fully saturated rings. The van der Waals surface area contributed by atoms with E-state index in [0.717, 1.165) is 16.8 Å². The number of benzene rings is 1. The maximum Gasteiger partial charge on any atom is 0.244 e. The number of nitrogens with one attached hydrogen (secondary N) is 1. The van der Waals surface area contributed by atoms with E-state index < -0.39 is 5.92 Å². The van der Waals surface area contributed by atoms with Gasteiger partial charge in [0.25, 0.3) is 0 Å². The standard InChI is InChI=1S/C20H24N4O4/c1-5-26-16-8-12(6-7-15(16)27-11(2)3)17-13(9-21)19(22)28-20-18(17)14(10-25-4)23-24-20/h6-8,11,17H,5,10,22H2,1-4H3,(H,23,24)/t17-/m0/s1. The number of rotatable bonds is 7. The Hall–Kier alpha value is -3.18. The van der Waals surface area contributed by atoms with Gasteiger partial charge in [0.05, 0.1) is 36.5 Å². The van der Waals surface area contributed by atoms with E-state index in [0.29, 0.717) is 36.2 Å². The topological polar surface area (TPSA) is 115 Å². The highest BCUT2D eigenvalue weighted by atomic mass is 16.5. The second kappa shape index (κ2) is 8.23. The monoisotopic (exact) mass is 384 g/mol. The second-order valence-electron chi connectivity index (χ2n) is 6.58. The lowest BCUT2D eigenvalue weighted by Gasteiger charge is -2.25. The molecule has 0 saturated heterocycles. The van der Waals surface area contributed by atoms with Crippen molar-refractivity contribution in [3.8, 4) is 23.4 Å². The minimum Gasteiger partial charge on any atom is -0.490 e. The summed E-state index contributed by atoms with van der Waals surface area (Å²) in [6, 6.07) is 7.79. The first-order valence-corrected chi connectivity index (χ1v) is 9.07. The summed E-state index contributed by atoms with van der Waals surface area (Å²) < 4.78 is 22.4. The summed E-state index contributed by atoms with van der Waals surface area (Å²) in [6.45, 7) is 6.60. The van der Waals surface area contributed by atoms with Crippen molar-refractivity contribution in [2.24, 2.45) is 5.73 Å². The van der Waals surface area contributed by atoms with Gasteiger partial charge in [-0.3, -0.25) is 5.10 Å². The van der Waals surface area contributed by atoms with Crippen molar-refractivity contribution in [3.05, 3.63) is 46.5 Å². The van der Waals surface area contributed by atoms with Crippen LogP contribution in [-0.2, 0) is 11.3 Å². The second-order valence-corrected chi connectivity index (χ2v) is 6.58. The van der Waals surface area contributed by atoms with Gasteiger partial charge in [-0.05, 0) is 38.5 Å². The van der Waals surface area contributed by atoms with Gasteiger partial charge < -0.3 is 24.7 Å². The Morgan fingerprint density at radius 1 is 1.36 bits per heavy atom. The largest absolute Gasteiger partial charge is 0.490 e. The van der Waals surface area contributed by atoms with Crippen molar-refractivity contribution in [1.29, 1.82) is 5.26 Å². The lowest BCUT2D eigenvalue weighted by molar-refractivity contribution is 0.180. The van der Waals surface area contributed by atoms with Crippen LogP contribution < -0.4 is 19.9 Å². The third-order valence-corrected chi connectivity index (χ3v) is 4.27. The molecule has 148 valence electrons. The number of nitriles is 1. The highest BCUT2D eigenvalue weighted by Gasteiger charge is 2.35. The van der Waals surface area contributed by atoms with Crippen molar-refractivity contribution in [1.82, 2.24) is 10.2 Å². The van der Waals surface area contributed by atoms with Crippen molar-refractivity contribution >= 4 is 0 Å². The molecule has 8 nitrogen and oxygen atoms in total. The maximum absolute atomic E-state index is 9.74. The smallest absolute Gasteiger partial charge is 0.244 e. The van der Waals surface area contributed by atoms with E-state index in [1.54, 1.807) is 7.11 Å². The third-order valence-electron chi connectivity index (χ3n) is 4.27. The Morgan fingerprint density at radius 2 is 2.14 bits per heavy atom. The number of nitrogens with zero attached hydrogens (tertiary/aromatic N) is 2. The summed E-state index contributed by atoms with van der Waals surface area (Å²) in [5.74, 6) is 1.18. The van der Waals surface area contributed by atoms with Crippen LogP contribution in [-0.4, -0.2) is 30.0 Å². The molecule has 1 atom stereocenters. The van der Waals surface area contributed by atoms with E-state index >= 15 is 0 Å². The first-order chi connectivity index (χ1) is 13.5. The summed E-state index contributed by atoms with van der Waals surface area (Å²) in [6.07, 6.45) is 0.00660. The van der Waals surface area contributed by atoms with E-state index in [1.807, 2.05) is 39.0 Å². The van der Waals surface area contributed by atoms with Gasteiger partial charge in [-0.1, -0.05) is 6.07 Å². The fraction of sp³-hybridized carbons (Fsp3) is 0.400. The minimum absolute atomic E-state index is 0.00660. The van der Waals surface area contributed by atoms with Gasteiger partial charge in [0, 0.05) is 7.11 Å². The van der Waals surface area contributed by atoms with Crippen LogP contribution in [0.4, 0.5) is 0 Å². The number of aromatic nitrogens is 2. The molecule has 8 heteroatoms. The molecule has 0 amide bonds. The average molecular weight is 384 g/mol. The normalized spacial score (nSPS) is 15.8. The maximum atomic E-state index is 9.74. The summed E-state index contributed by atoms with van der Waals surface area (Å²) in [7, 11) is 1.59. The lowest BCUT2D eigenvalue weighted by atomic mass is 9.84. The number of ether oxygens (including phenoxy) is 4. The van der Waals surface area contributed by atoms with Gasteiger partial charge in [-0.2, -0.15) is 5.26 Å². The number of hydrogen-bond donors (Lipinski definition) is 2. The Labute approximate surface area is 163 Å². The zero-order valence-electron chi connectivity index (χ0n) is 16.4. The van der Waals surface area contributed by atoms with Crippen LogP contribution in [0.3, 0.4) is 0 Å². The first kappa shape index (κ1) is 19.6. The minimum atomic E-state index is -0.454. The van der Waals surface area contributed by atoms with Gasteiger partial charge in [0.1, 0.15) is 11.6 Å². The molecule has 0 saturated carbocycles. The lowest BCUT2D eigenvalue weighted by Crippen LogP contribution is -2.21. The molecule has 1 aromatic carbocycles. The molecule has 1 aromatic heterocycles. The SMILES string of the molecule is CCOc1cc([C@H]2C(C#N)=C(N)Oc3n[nH]c(COC)c32)ccc1OC(C)C. The van der Waals surface area contributed by atoms with E-state index in [1.165, 1.54) is 0 Å². The number of H-pyrrole nitrogens is 1. The van der Waals surface area contributed by atoms with Gasteiger partial charge in [-0.15, -0.1) is 5.10 Å². The fourth-order valence-corrected chi connectivity index (χ4v) is 3.22. The summed E-state index contributed by atoms with van der Waals surface area (Å²) in [4.78, 5) is 0. The van der Waals surface area contributed by atoms with Crippen molar-refractivity contribution in [2.75, 3.05) is 13.7 Å². The molecule has 0 unspecified atom stereocenters. The average Bonchev–Trinajstić information content (AvgIpc) is 3.04. The molecule has 3 N–H and O–H groups in total. The molecule has 0 aliphatic carbocycles. The Kier molecular flexibility index (Phi) is 5.76. The molecule has 28 heavy (non-hydrogen) atoms. The summed E-state index contributed by atoms with van der Waals surface area (Å²) in [5.41, 5.74) is 8.59. The van der Waals surface area contributed by atoms with E-state index in [2.05, 4.69) is 16.3 Å². The molecule has 1 aliphatic heterocycles. The summed E-state index contributed by atoms with van der Waals surface area (Å²) in [5, 5.41) is 16.8. The molecule has 0 radical (unpaired) electrons. The number of nitrogens with two attached hydrogens (primary N) is 1. The van der Waals surface area contributed by atoms with Crippen molar-refractivity contribution in [2.45, 2.75) is 39.4 Å². The molecule has 2 aromatic rings. The van der Waals surface area contributed by atoms with Crippen LogP contribution in [0.5, 0.6) is 17.4 Å². The van der Waals surface area contributed by atoms with E-state index in [-0.39, 0.29) is 12.0 Å². The number of aromatic amines is 1. The van der Waals surface area contributed by atoms with Gasteiger partial charge in [0.2, 0.25) is 11.8 Å². The van der Waals surface area contributed by atoms with Crippen LogP contribution in [0.25, 0.3) is 0 Å². The summed E-state index contributed by atoms with van der Waals surface area (Å²) >= 11 is 0. The number of methoxy groups -OCH3 is 1. The van der Waals surface area contributed by atoms with Gasteiger partial charge in [-0.25, -0.2) is 0 Å². The Bertz CT molecular complexity index is 927. The highest BCUT2D eigenvalue weighted by Crippen LogP contribution is 2.44. The van der Waals surface area contributed by atoms with Crippen LogP contribution >= 0.6 is 0 Å². The van der Waals surface area contributed by atoms with Crippen LogP contribution in [0.1, 0.15) is 43.5 Å². The molecule has 3 rings (SSSR count). The van der Waals surface area contributed by atoms with E-state index in [4.69, 9.17) is 24.7 Å². The van der Waals surface area contributed by atoms with Crippen molar-refractivity contribution < 1.29 is 18.9 Å². The molecular weight excluding hydrogens is 360 g/mol. The zero-order valence-corrected chi connectivity index (χ0v) is 16.4. The zero-order chi connectivity index (χ0) is 20.3. The third kappa shape index (κ3) is 3.62. The Morgan fingerprint density at radius 3 is 2.79 bits per heavy atom. The van der Waals surface area contributed by atoms with Crippen LogP contribution in [0.15, 0.2) is 29.7 Å². The quantitative estimate of drug-likeness (QED) is 0.754. The fourth-order valence-electron chi connectivity index (χ4n) is 3.22. The number of allylic oxidation sites excluding steroid dienone is 1. The Balaban J connectivity index is 2.14. The molecule has 1 aliphatic rings. The molecule has 0 bridgehead atoms. The van der Waals surface area contributed by atoms with Crippen molar-refractivity contribution in [3.63, 3.8) is 0 Å². The van der Waals surface area contributed by atoms with Crippen LogP contribution in [0, 0.1) is 11.3 Å². The predicted molar refractivity (Wildman–Crippen MR) is 102 cm³/mol. The molecule has 2 heterocycles. The van der Waals surface area contributed by atoms with Gasteiger partial charge in [0.15, 0.2) is 11.5 Å². The predicted octanol–water partition coefficient (Wildman–Crippen LogP) is 2.96. The van der Waals surface area contributed by atoms with E-state index in [9.17, 15) is 5.26 Å².